The molecule has 5 heteroatoms. The zero-order valence-corrected chi connectivity index (χ0v) is 7.05. The van der Waals surface area contributed by atoms with Gasteiger partial charge in [-0.05, 0) is 18.2 Å². The van der Waals surface area contributed by atoms with E-state index in [1.807, 2.05) is 0 Å². The van der Waals surface area contributed by atoms with Crippen LogP contribution in [0.15, 0.2) is 18.2 Å². The lowest BCUT2D eigenvalue weighted by Gasteiger charge is -2.09. The number of alkyl halides is 2. The molecule has 0 saturated heterocycles. The molecule has 0 heterocycles. The third kappa shape index (κ3) is 2.06. The summed E-state index contributed by atoms with van der Waals surface area (Å²) in [6.07, 6.45) is -2.57. The molecule has 1 rings (SSSR count). The first-order chi connectivity index (χ1) is 6.19. The van der Waals surface area contributed by atoms with E-state index < -0.39 is 6.43 Å². The van der Waals surface area contributed by atoms with Gasteiger partial charge in [0, 0.05) is 5.56 Å². The fourth-order valence-electron chi connectivity index (χ4n) is 0.980. The van der Waals surface area contributed by atoms with E-state index in [0.29, 0.717) is 5.75 Å². The maximum absolute atomic E-state index is 12.4. The van der Waals surface area contributed by atoms with Gasteiger partial charge in [0.25, 0.3) is 6.43 Å². The molecular formula is C8H10F2N2O. The van der Waals surface area contributed by atoms with E-state index in [4.69, 9.17) is 10.6 Å². The number of methoxy groups -OCH3 is 1. The molecule has 0 atom stereocenters. The predicted molar refractivity (Wildman–Crippen MR) is 45.8 cm³/mol. The van der Waals surface area contributed by atoms with Gasteiger partial charge < -0.3 is 10.2 Å². The normalized spacial score (nSPS) is 10.2. The third-order valence-electron chi connectivity index (χ3n) is 1.65. The minimum Gasteiger partial charge on any atom is -0.497 e. The summed E-state index contributed by atoms with van der Waals surface area (Å²) in [5, 5.41) is 0. The van der Waals surface area contributed by atoms with Gasteiger partial charge in [-0.15, -0.1) is 0 Å². The number of halogens is 2. The first-order valence-electron chi connectivity index (χ1n) is 3.61. The number of hydrazine groups is 1. The Hall–Kier alpha value is -1.36. The molecule has 0 saturated carbocycles. The van der Waals surface area contributed by atoms with E-state index in [-0.39, 0.29) is 11.3 Å². The van der Waals surface area contributed by atoms with Crippen molar-refractivity contribution >= 4 is 5.69 Å². The maximum Gasteiger partial charge on any atom is 0.266 e. The summed E-state index contributed by atoms with van der Waals surface area (Å²) in [7, 11) is 1.42. The second-order valence-electron chi connectivity index (χ2n) is 2.40. The van der Waals surface area contributed by atoms with Crippen LogP contribution in [0.3, 0.4) is 0 Å². The standard InChI is InChI=1S/C8H10F2N2O/c1-13-5-2-3-7(12-11)6(4-5)8(9)10/h2-4,8,12H,11H2,1H3. The van der Waals surface area contributed by atoms with Gasteiger partial charge in [-0.25, -0.2) is 8.78 Å². The number of benzene rings is 1. The molecule has 0 fully saturated rings. The molecule has 3 nitrogen and oxygen atoms in total. The smallest absolute Gasteiger partial charge is 0.266 e. The SMILES string of the molecule is COc1ccc(NN)c(C(F)F)c1. The molecule has 1 aromatic rings. The van der Waals surface area contributed by atoms with Crippen LogP contribution in [0.5, 0.6) is 5.75 Å². The monoisotopic (exact) mass is 188 g/mol. The Morgan fingerprint density at radius 3 is 2.62 bits per heavy atom. The zero-order chi connectivity index (χ0) is 9.84. The Bertz CT molecular complexity index is 291. The van der Waals surface area contributed by atoms with Crippen molar-refractivity contribution in [3.05, 3.63) is 23.8 Å². The topological polar surface area (TPSA) is 47.3 Å². The second-order valence-corrected chi connectivity index (χ2v) is 2.40. The highest BCUT2D eigenvalue weighted by Gasteiger charge is 2.13. The Morgan fingerprint density at radius 2 is 2.15 bits per heavy atom. The zero-order valence-electron chi connectivity index (χ0n) is 7.05. The number of ether oxygens (including phenoxy) is 1. The maximum atomic E-state index is 12.4. The van der Waals surface area contributed by atoms with Crippen molar-refractivity contribution < 1.29 is 13.5 Å². The number of nitrogens with two attached hydrogens (primary N) is 1. The number of hydrogen-bond donors (Lipinski definition) is 2. The number of anilines is 1. The van der Waals surface area contributed by atoms with Crippen LogP contribution in [0.1, 0.15) is 12.0 Å². The Labute approximate surface area is 74.5 Å². The van der Waals surface area contributed by atoms with Crippen LogP contribution in [0, 0.1) is 0 Å². The van der Waals surface area contributed by atoms with E-state index in [9.17, 15) is 8.78 Å². The molecule has 0 bridgehead atoms. The Balaban J connectivity index is 3.10. The second kappa shape index (κ2) is 4.04. The third-order valence-corrected chi connectivity index (χ3v) is 1.65. The average Bonchev–Trinajstić information content (AvgIpc) is 2.16. The van der Waals surface area contributed by atoms with Gasteiger partial charge in [-0.3, -0.25) is 5.84 Å². The summed E-state index contributed by atoms with van der Waals surface area (Å²) >= 11 is 0. The highest BCUT2D eigenvalue weighted by Crippen LogP contribution is 2.29. The van der Waals surface area contributed by atoms with Gasteiger partial charge in [0.05, 0.1) is 12.8 Å². The fourth-order valence-corrected chi connectivity index (χ4v) is 0.980. The summed E-state index contributed by atoms with van der Waals surface area (Å²) in [4.78, 5) is 0. The summed E-state index contributed by atoms with van der Waals surface area (Å²) in [6.45, 7) is 0. The van der Waals surface area contributed by atoms with Gasteiger partial charge >= 0.3 is 0 Å². The molecule has 3 N–H and O–H groups in total. The predicted octanol–water partition coefficient (Wildman–Crippen LogP) is 1.92. The molecule has 0 amide bonds. The number of nitrogens with one attached hydrogen (secondary N) is 1. The number of rotatable bonds is 3. The Morgan fingerprint density at radius 1 is 1.46 bits per heavy atom. The van der Waals surface area contributed by atoms with E-state index in [1.54, 1.807) is 6.07 Å². The average molecular weight is 188 g/mol. The highest BCUT2D eigenvalue weighted by atomic mass is 19.3. The van der Waals surface area contributed by atoms with Crippen molar-refractivity contribution in [3.8, 4) is 5.75 Å². The van der Waals surface area contributed by atoms with E-state index >= 15 is 0 Å². The van der Waals surface area contributed by atoms with E-state index in [2.05, 4.69) is 5.43 Å². The van der Waals surface area contributed by atoms with E-state index in [0.717, 1.165) is 0 Å². The highest BCUT2D eigenvalue weighted by molar-refractivity contribution is 5.54. The molecule has 0 radical (unpaired) electrons. The van der Waals surface area contributed by atoms with E-state index in [1.165, 1.54) is 19.2 Å². The van der Waals surface area contributed by atoms with Crippen LogP contribution in [-0.4, -0.2) is 7.11 Å². The van der Waals surface area contributed by atoms with Crippen LogP contribution in [0.4, 0.5) is 14.5 Å². The van der Waals surface area contributed by atoms with Gasteiger partial charge in [0.15, 0.2) is 0 Å². The van der Waals surface area contributed by atoms with Crippen molar-refractivity contribution in [2.24, 2.45) is 5.84 Å². The van der Waals surface area contributed by atoms with Crippen molar-refractivity contribution in [2.45, 2.75) is 6.43 Å². The molecule has 72 valence electrons. The number of nitrogen functional groups attached to an aromatic ring is 1. The van der Waals surface area contributed by atoms with Gasteiger partial charge in [-0.2, -0.15) is 0 Å². The molecule has 0 aliphatic carbocycles. The summed E-state index contributed by atoms with van der Waals surface area (Å²) < 4.78 is 29.6. The summed E-state index contributed by atoms with van der Waals surface area (Å²) in [5.74, 6) is 5.44. The lowest BCUT2D eigenvalue weighted by Crippen LogP contribution is -2.09. The molecular weight excluding hydrogens is 178 g/mol. The molecule has 0 aliphatic heterocycles. The van der Waals surface area contributed by atoms with Crippen molar-refractivity contribution in [1.82, 2.24) is 0 Å². The van der Waals surface area contributed by atoms with Gasteiger partial charge in [0.2, 0.25) is 0 Å². The molecule has 13 heavy (non-hydrogen) atoms. The molecule has 0 spiro atoms. The van der Waals surface area contributed by atoms with Crippen LogP contribution in [-0.2, 0) is 0 Å². The van der Waals surface area contributed by atoms with Crippen molar-refractivity contribution in [3.63, 3.8) is 0 Å². The Kier molecular flexibility index (Phi) is 3.02. The molecule has 0 aliphatic rings. The van der Waals surface area contributed by atoms with Crippen molar-refractivity contribution in [1.29, 1.82) is 0 Å². The fraction of sp³-hybridized carbons (Fsp3) is 0.250. The van der Waals surface area contributed by atoms with Crippen LogP contribution in [0.25, 0.3) is 0 Å². The van der Waals surface area contributed by atoms with Crippen LogP contribution < -0.4 is 16.0 Å². The van der Waals surface area contributed by atoms with Crippen molar-refractivity contribution in [2.75, 3.05) is 12.5 Å². The minimum atomic E-state index is -2.57. The van der Waals surface area contributed by atoms with Crippen LogP contribution >= 0.6 is 0 Å². The van der Waals surface area contributed by atoms with Gasteiger partial charge in [-0.1, -0.05) is 0 Å². The molecule has 0 unspecified atom stereocenters. The quantitative estimate of drug-likeness (QED) is 0.562. The first-order valence-corrected chi connectivity index (χ1v) is 3.61. The molecule has 0 aromatic heterocycles. The summed E-state index contributed by atoms with van der Waals surface area (Å²) in [6, 6.07) is 4.25. The largest absolute Gasteiger partial charge is 0.497 e. The summed E-state index contributed by atoms with van der Waals surface area (Å²) in [5.41, 5.74) is 2.23. The first kappa shape index (κ1) is 9.73. The number of hydrogen-bond acceptors (Lipinski definition) is 3. The lowest BCUT2D eigenvalue weighted by molar-refractivity contribution is 0.151. The van der Waals surface area contributed by atoms with Gasteiger partial charge in [0.1, 0.15) is 5.75 Å². The minimum absolute atomic E-state index is 0.165. The lowest BCUT2D eigenvalue weighted by atomic mass is 10.2. The van der Waals surface area contributed by atoms with Crippen LogP contribution in [0.2, 0.25) is 0 Å². The molecule has 1 aromatic carbocycles.